The van der Waals surface area contributed by atoms with Gasteiger partial charge in [-0.25, -0.2) is 0 Å². The van der Waals surface area contributed by atoms with E-state index in [4.69, 9.17) is 4.74 Å². The van der Waals surface area contributed by atoms with E-state index >= 15 is 0 Å². The lowest BCUT2D eigenvalue weighted by Crippen LogP contribution is -2.38. The third kappa shape index (κ3) is 3.94. The van der Waals surface area contributed by atoms with Gasteiger partial charge in [-0.3, -0.25) is 4.68 Å². The van der Waals surface area contributed by atoms with E-state index in [0.29, 0.717) is 0 Å². The van der Waals surface area contributed by atoms with E-state index in [1.807, 2.05) is 24.0 Å². The van der Waals surface area contributed by atoms with Crippen molar-refractivity contribution in [2.75, 3.05) is 13.7 Å². The fourth-order valence-corrected chi connectivity index (χ4v) is 1.63. The molecule has 0 saturated carbocycles. The number of hydrogen-bond donors (Lipinski definition) is 1. The summed E-state index contributed by atoms with van der Waals surface area (Å²) in [5.74, 6) is 0. The van der Waals surface area contributed by atoms with Gasteiger partial charge >= 0.3 is 0 Å². The first-order valence-electron chi connectivity index (χ1n) is 5.65. The minimum atomic E-state index is 0.159. The third-order valence-corrected chi connectivity index (χ3v) is 2.66. The van der Waals surface area contributed by atoms with Crippen LogP contribution in [-0.2, 0) is 18.3 Å². The van der Waals surface area contributed by atoms with Gasteiger partial charge in [-0.2, -0.15) is 5.10 Å². The molecule has 0 spiro atoms. The molecule has 0 aromatic carbocycles. The van der Waals surface area contributed by atoms with Gasteiger partial charge in [0.2, 0.25) is 0 Å². The standard InChI is InChI=1S/C12H23N3O/c1-12(2,3)11(16-5)9-13-8-10-6-7-15(4)14-10/h6-7,11,13H,8-9H2,1-5H3. The number of ether oxygens (including phenoxy) is 1. The highest BCUT2D eigenvalue weighted by Gasteiger charge is 2.23. The van der Waals surface area contributed by atoms with Gasteiger partial charge < -0.3 is 10.1 Å². The molecule has 0 radical (unpaired) electrons. The van der Waals surface area contributed by atoms with Gasteiger partial charge in [0.1, 0.15) is 0 Å². The average molecular weight is 225 g/mol. The normalized spacial score (nSPS) is 14.1. The van der Waals surface area contributed by atoms with Crippen LogP contribution in [0.1, 0.15) is 26.5 Å². The molecule has 1 rings (SSSR count). The Bertz CT molecular complexity index is 314. The lowest BCUT2D eigenvalue weighted by atomic mass is 9.89. The summed E-state index contributed by atoms with van der Waals surface area (Å²) in [6, 6.07) is 2.02. The summed E-state index contributed by atoms with van der Waals surface area (Å²) in [4.78, 5) is 0. The van der Waals surface area contributed by atoms with E-state index in [1.165, 1.54) is 0 Å². The van der Waals surface area contributed by atoms with Gasteiger partial charge in [0.25, 0.3) is 0 Å². The van der Waals surface area contributed by atoms with E-state index in [1.54, 1.807) is 7.11 Å². The van der Waals surface area contributed by atoms with Crippen LogP contribution in [0.5, 0.6) is 0 Å². The highest BCUT2D eigenvalue weighted by Crippen LogP contribution is 2.20. The zero-order valence-corrected chi connectivity index (χ0v) is 10.9. The molecular weight excluding hydrogens is 202 g/mol. The third-order valence-electron chi connectivity index (χ3n) is 2.66. The Morgan fingerprint density at radius 1 is 1.50 bits per heavy atom. The molecular formula is C12H23N3O. The fraction of sp³-hybridized carbons (Fsp3) is 0.750. The number of aromatic nitrogens is 2. The number of nitrogens with zero attached hydrogens (tertiary/aromatic N) is 2. The van der Waals surface area contributed by atoms with Crippen LogP contribution in [0, 0.1) is 5.41 Å². The summed E-state index contributed by atoms with van der Waals surface area (Å²) < 4.78 is 7.28. The van der Waals surface area contributed by atoms with E-state index < -0.39 is 0 Å². The van der Waals surface area contributed by atoms with E-state index in [2.05, 4.69) is 31.2 Å². The minimum absolute atomic E-state index is 0.159. The van der Waals surface area contributed by atoms with Crippen molar-refractivity contribution in [3.8, 4) is 0 Å². The highest BCUT2D eigenvalue weighted by atomic mass is 16.5. The van der Waals surface area contributed by atoms with Crippen LogP contribution >= 0.6 is 0 Å². The van der Waals surface area contributed by atoms with Crippen LogP contribution < -0.4 is 5.32 Å². The average Bonchev–Trinajstić information content (AvgIpc) is 2.57. The Balaban J connectivity index is 2.34. The summed E-state index contributed by atoms with van der Waals surface area (Å²) in [6.45, 7) is 8.18. The maximum atomic E-state index is 5.47. The van der Waals surface area contributed by atoms with Gasteiger partial charge in [-0.15, -0.1) is 0 Å². The van der Waals surface area contributed by atoms with Crippen LogP contribution in [0.2, 0.25) is 0 Å². The van der Waals surface area contributed by atoms with Gasteiger partial charge in [0, 0.05) is 33.4 Å². The van der Waals surface area contributed by atoms with Gasteiger partial charge in [-0.1, -0.05) is 20.8 Å². The monoisotopic (exact) mass is 225 g/mol. The first-order valence-corrected chi connectivity index (χ1v) is 5.65. The van der Waals surface area contributed by atoms with Crippen LogP contribution in [0.4, 0.5) is 0 Å². The molecule has 4 nitrogen and oxygen atoms in total. The molecule has 1 atom stereocenters. The summed E-state index contributed by atoms with van der Waals surface area (Å²) in [5.41, 5.74) is 1.22. The molecule has 0 aliphatic rings. The van der Waals surface area contributed by atoms with Crippen LogP contribution in [0.3, 0.4) is 0 Å². The first-order chi connectivity index (χ1) is 7.43. The Morgan fingerprint density at radius 3 is 2.62 bits per heavy atom. The highest BCUT2D eigenvalue weighted by molar-refractivity contribution is 4.98. The van der Waals surface area contributed by atoms with Gasteiger partial charge in [0.05, 0.1) is 11.8 Å². The summed E-state index contributed by atoms with van der Waals surface area (Å²) in [6.07, 6.45) is 2.17. The lowest BCUT2D eigenvalue weighted by Gasteiger charge is -2.29. The van der Waals surface area contributed by atoms with Crippen molar-refractivity contribution in [2.45, 2.75) is 33.4 Å². The molecule has 1 unspecified atom stereocenters. The molecule has 0 aliphatic heterocycles. The number of nitrogens with one attached hydrogen (secondary N) is 1. The summed E-state index contributed by atoms with van der Waals surface area (Å²) in [5, 5.41) is 7.68. The Labute approximate surface area is 98.0 Å². The lowest BCUT2D eigenvalue weighted by molar-refractivity contribution is 0.0173. The molecule has 16 heavy (non-hydrogen) atoms. The van der Waals surface area contributed by atoms with E-state index in [0.717, 1.165) is 18.8 Å². The number of hydrogen-bond acceptors (Lipinski definition) is 3. The van der Waals surface area contributed by atoms with Gasteiger partial charge in [0.15, 0.2) is 0 Å². The minimum Gasteiger partial charge on any atom is -0.380 e. The van der Waals surface area contributed by atoms with E-state index in [9.17, 15) is 0 Å². The Kier molecular flexibility index (Phi) is 4.50. The molecule has 1 aromatic heterocycles. The molecule has 92 valence electrons. The number of rotatable bonds is 5. The molecule has 4 heteroatoms. The Morgan fingerprint density at radius 2 is 2.19 bits per heavy atom. The smallest absolute Gasteiger partial charge is 0.0762 e. The molecule has 1 N–H and O–H groups in total. The SMILES string of the molecule is COC(CNCc1ccn(C)n1)C(C)(C)C. The second kappa shape index (κ2) is 5.46. The maximum Gasteiger partial charge on any atom is 0.0762 e. The number of aryl methyl sites for hydroxylation is 1. The Hall–Kier alpha value is -0.870. The zero-order chi connectivity index (χ0) is 12.2. The zero-order valence-electron chi connectivity index (χ0n) is 10.9. The van der Waals surface area contributed by atoms with Crippen LogP contribution in [-0.4, -0.2) is 29.5 Å². The fourth-order valence-electron chi connectivity index (χ4n) is 1.63. The first kappa shape index (κ1) is 13.2. The van der Waals surface area contributed by atoms with Crippen LogP contribution in [0.15, 0.2) is 12.3 Å². The second-order valence-electron chi connectivity index (χ2n) is 5.20. The number of methoxy groups -OCH3 is 1. The second-order valence-corrected chi connectivity index (χ2v) is 5.20. The van der Waals surface area contributed by atoms with Crippen molar-refractivity contribution in [1.82, 2.24) is 15.1 Å². The molecule has 0 amide bonds. The largest absolute Gasteiger partial charge is 0.380 e. The molecule has 0 aliphatic carbocycles. The quantitative estimate of drug-likeness (QED) is 0.826. The topological polar surface area (TPSA) is 39.1 Å². The molecule has 1 aromatic rings. The van der Waals surface area contributed by atoms with Crippen molar-refractivity contribution < 1.29 is 4.74 Å². The van der Waals surface area contributed by atoms with Crippen molar-refractivity contribution in [3.63, 3.8) is 0 Å². The van der Waals surface area contributed by atoms with Crippen molar-refractivity contribution in [1.29, 1.82) is 0 Å². The van der Waals surface area contributed by atoms with Crippen molar-refractivity contribution >= 4 is 0 Å². The predicted octanol–water partition coefficient (Wildman–Crippen LogP) is 1.57. The molecule has 0 saturated heterocycles. The van der Waals surface area contributed by atoms with Gasteiger partial charge in [-0.05, 0) is 11.5 Å². The van der Waals surface area contributed by atoms with E-state index in [-0.39, 0.29) is 11.5 Å². The molecule has 0 bridgehead atoms. The van der Waals surface area contributed by atoms with Crippen molar-refractivity contribution in [3.05, 3.63) is 18.0 Å². The summed E-state index contributed by atoms with van der Waals surface area (Å²) in [7, 11) is 3.69. The van der Waals surface area contributed by atoms with Crippen molar-refractivity contribution in [2.24, 2.45) is 12.5 Å². The molecule has 1 heterocycles. The maximum absolute atomic E-state index is 5.47. The summed E-state index contributed by atoms with van der Waals surface area (Å²) >= 11 is 0. The van der Waals surface area contributed by atoms with Crippen LogP contribution in [0.25, 0.3) is 0 Å². The molecule has 0 fully saturated rings. The predicted molar refractivity (Wildman–Crippen MR) is 65.2 cm³/mol.